The third-order valence-electron chi connectivity index (χ3n) is 3.84. The van der Waals surface area contributed by atoms with Gasteiger partial charge in [-0.15, -0.1) is 0 Å². The summed E-state index contributed by atoms with van der Waals surface area (Å²) in [5, 5.41) is 3.49. The number of anilines is 1. The Morgan fingerprint density at radius 2 is 1.55 bits per heavy atom. The van der Waals surface area contributed by atoms with E-state index >= 15 is 0 Å². The van der Waals surface area contributed by atoms with Crippen molar-refractivity contribution in [2.24, 2.45) is 0 Å². The van der Waals surface area contributed by atoms with Gasteiger partial charge < -0.3 is 5.32 Å². The van der Waals surface area contributed by atoms with Gasteiger partial charge in [-0.3, -0.25) is 0 Å². The smallest absolute Gasteiger partial charge is 0.0400 e. The molecule has 106 valence electrons. The molecule has 2 rings (SSSR count). The molecule has 0 heterocycles. The Morgan fingerprint density at radius 3 is 2.20 bits per heavy atom. The van der Waals surface area contributed by atoms with E-state index in [1.165, 1.54) is 47.2 Å². The van der Waals surface area contributed by atoms with Gasteiger partial charge in [-0.05, 0) is 61.1 Å². The van der Waals surface area contributed by atoms with Crippen molar-refractivity contribution in [2.75, 3.05) is 5.32 Å². The molecule has 0 aliphatic heterocycles. The van der Waals surface area contributed by atoms with Gasteiger partial charge in [-0.1, -0.05) is 43.7 Å². The summed E-state index contributed by atoms with van der Waals surface area (Å²) in [6, 6.07) is 15.5. The lowest BCUT2D eigenvalue weighted by Gasteiger charge is -2.09. The molecule has 0 amide bonds. The monoisotopic (exact) mass is 267 g/mol. The molecule has 1 nitrogen and oxygen atoms in total. The summed E-state index contributed by atoms with van der Waals surface area (Å²) >= 11 is 0. The summed E-state index contributed by atoms with van der Waals surface area (Å²) in [6.45, 7) is 7.44. The third-order valence-corrected chi connectivity index (χ3v) is 3.84. The summed E-state index contributed by atoms with van der Waals surface area (Å²) in [6.07, 6.45) is 3.72. The summed E-state index contributed by atoms with van der Waals surface area (Å²) in [5.41, 5.74) is 6.68. The molecule has 1 heteroatoms. The fraction of sp³-hybridized carbons (Fsp3) is 0.368. The quantitative estimate of drug-likeness (QED) is 0.753. The minimum absolute atomic E-state index is 0.884. The van der Waals surface area contributed by atoms with Crippen LogP contribution in [-0.2, 0) is 13.0 Å². The Kier molecular flexibility index (Phi) is 5.23. The molecule has 2 aromatic rings. The summed E-state index contributed by atoms with van der Waals surface area (Å²) < 4.78 is 0. The number of nitrogens with one attached hydrogen (secondary N) is 1. The van der Waals surface area contributed by atoms with Crippen molar-refractivity contribution < 1.29 is 0 Å². The van der Waals surface area contributed by atoms with E-state index in [1.54, 1.807) is 0 Å². The Morgan fingerprint density at radius 1 is 0.850 bits per heavy atom. The standard InChI is InChI=1S/C19H25N/c1-4-5-6-17-9-11-19(12-10-17)20-14-18-8-7-15(2)16(3)13-18/h7-13,20H,4-6,14H2,1-3H3. The first-order valence-electron chi connectivity index (χ1n) is 7.58. The molecule has 0 aliphatic rings. The summed E-state index contributed by atoms with van der Waals surface area (Å²) in [7, 11) is 0. The maximum atomic E-state index is 3.49. The molecule has 2 aromatic carbocycles. The number of aryl methyl sites for hydroxylation is 3. The van der Waals surface area contributed by atoms with Crippen molar-refractivity contribution in [3.05, 3.63) is 64.7 Å². The van der Waals surface area contributed by atoms with Crippen LogP contribution in [0.25, 0.3) is 0 Å². The van der Waals surface area contributed by atoms with Gasteiger partial charge in [-0.2, -0.15) is 0 Å². The number of rotatable bonds is 6. The molecular weight excluding hydrogens is 242 g/mol. The van der Waals surface area contributed by atoms with Crippen LogP contribution in [0, 0.1) is 13.8 Å². The lowest BCUT2D eigenvalue weighted by molar-refractivity contribution is 0.795. The number of unbranched alkanes of at least 4 members (excludes halogenated alkanes) is 1. The van der Waals surface area contributed by atoms with Gasteiger partial charge in [0.25, 0.3) is 0 Å². The van der Waals surface area contributed by atoms with Crippen molar-refractivity contribution in [1.82, 2.24) is 0 Å². The first kappa shape index (κ1) is 14.6. The fourth-order valence-corrected chi connectivity index (χ4v) is 2.29. The van der Waals surface area contributed by atoms with Crippen LogP contribution >= 0.6 is 0 Å². The number of hydrogen-bond donors (Lipinski definition) is 1. The van der Waals surface area contributed by atoms with Gasteiger partial charge in [0.05, 0.1) is 0 Å². The van der Waals surface area contributed by atoms with Crippen LogP contribution in [0.15, 0.2) is 42.5 Å². The highest BCUT2D eigenvalue weighted by Gasteiger charge is 1.98. The van der Waals surface area contributed by atoms with E-state index in [0.717, 1.165) is 6.54 Å². The highest BCUT2D eigenvalue weighted by Crippen LogP contribution is 2.14. The first-order valence-corrected chi connectivity index (χ1v) is 7.58. The molecule has 0 radical (unpaired) electrons. The van der Waals surface area contributed by atoms with Gasteiger partial charge in [0.2, 0.25) is 0 Å². The molecule has 0 spiro atoms. The van der Waals surface area contributed by atoms with Gasteiger partial charge in [0.1, 0.15) is 0 Å². The van der Waals surface area contributed by atoms with Gasteiger partial charge in [0.15, 0.2) is 0 Å². The van der Waals surface area contributed by atoms with E-state index < -0.39 is 0 Å². The average molecular weight is 267 g/mol. The Balaban J connectivity index is 1.91. The molecular formula is C19H25N. The molecule has 0 aromatic heterocycles. The van der Waals surface area contributed by atoms with Crippen LogP contribution in [-0.4, -0.2) is 0 Å². The molecule has 0 fully saturated rings. The fourth-order valence-electron chi connectivity index (χ4n) is 2.29. The molecule has 20 heavy (non-hydrogen) atoms. The van der Waals surface area contributed by atoms with Crippen LogP contribution in [0.2, 0.25) is 0 Å². The van der Waals surface area contributed by atoms with Crippen molar-refractivity contribution >= 4 is 5.69 Å². The van der Waals surface area contributed by atoms with Crippen LogP contribution < -0.4 is 5.32 Å². The molecule has 0 atom stereocenters. The van der Waals surface area contributed by atoms with Crippen molar-refractivity contribution in [1.29, 1.82) is 0 Å². The number of hydrogen-bond acceptors (Lipinski definition) is 1. The topological polar surface area (TPSA) is 12.0 Å². The van der Waals surface area contributed by atoms with E-state index in [9.17, 15) is 0 Å². The van der Waals surface area contributed by atoms with E-state index in [0.29, 0.717) is 0 Å². The van der Waals surface area contributed by atoms with E-state index in [2.05, 4.69) is 68.6 Å². The predicted molar refractivity (Wildman–Crippen MR) is 88.3 cm³/mol. The van der Waals surface area contributed by atoms with Crippen LogP contribution in [0.1, 0.15) is 42.0 Å². The number of benzene rings is 2. The minimum Gasteiger partial charge on any atom is -0.381 e. The SMILES string of the molecule is CCCCc1ccc(NCc2ccc(C)c(C)c2)cc1. The lowest BCUT2D eigenvalue weighted by Crippen LogP contribution is -2.00. The first-order chi connectivity index (χ1) is 9.69. The average Bonchev–Trinajstić information content (AvgIpc) is 2.47. The Hall–Kier alpha value is -1.76. The maximum absolute atomic E-state index is 3.49. The predicted octanol–water partition coefficient (Wildman–Crippen LogP) is 5.26. The lowest BCUT2D eigenvalue weighted by atomic mass is 10.1. The molecule has 0 saturated carbocycles. The van der Waals surface area contributed by atoms with Crippen molar-refractivity contribution in [2.45, 2.75) is 46.6 Å². The zero-order valence-corrected chi connectivity index (χ0v) is 12.9. The molecule has 0 unspecified atom stereocenters. The normalized spacial score (nSPS) is 10.6. The Labute approximate surface area is 123 Å². The summed E-state index contributed by atoms with van der Waals surface area (Å²) in [5.74, 6) is 0. The maximum Gasteiger partial charge on any atom is 0.0400 e. The van der Waals surface area contributed by atoms with Crippen LogP contribution in [0.5, 0.6) is 0 Å². The second-order valence-corrected chi connectivity index (χ2v) is 5.57. The Bertz CT molecular complexity index is 540. The van der Waals surface area contributed by atoms with Crippen LogP contribution in [0.3, 0.4) is 0 Å². The van der Waals surface area contributed by atoms with Crippen molar-refractivity contribution in [3.8, 4) is 0 Å². The minimum atomic E-state index is 0.884. The summed E-state index contributed by atoms with van der Waals surface area (Å²) in [4.78, 5) is 0. The van der Waals surface area contributed by atoms with Gasteiger partial charge in [-0.25, -0.2) is 0 Å². The third kappa shape index (κ3) is 4.12. The van der Waals surface area contributed by atoms with Crippen molar-refractivity contribution in [3.63, 3.8) is 0 Å². The molecule has 0 saturated heterocycles. The van der Waals surface area contributed by atoms with Gasteiger partial charge >= 0.3 is 0 Å². The van der Waals surface area contributed by atoms with E-state index in [4.69, 9.17) is 0 Å². The van der Waals surface area contributed by atoms with Crippen LogP contribution in [0.4, 0.5) is 5.69 Å². The largest absolute Gasteiger partial charge is 0.381 e. The van der Waals surface area contributed by atoms with E-state index in [-0.39, 0.29) is 0 Å². The highest BCUT2D eigenvalue weighted by atomic mass is 14.9. The highest BCUT2D eigenvalue weighted by molar-refractivity contribution is 5.45. The second kappa shape index (κ2) is 7.14. The molecule has 1 N–H and O–H groups in total. The van der Waals surface area contributed by atoms with Gasteiger partial charge in [0, 0.05) is 12.2 Å². The molecule has 0 bridgehead atoms. The zero-order valence-electron chi connectivity index (χ0n) is 12.9. The van der Waals surface area contributed by atoms with E-state index in [1.807, 2.05) is 0 Å². The second-order valence-electron chi connectivity index (χ2n) is 5.57. The zero-order chi connectivity index (χ0) is 14.4. The molecule has 0 aliphatic carbocycles.